The number of fused-ring (bicyclic) bond motifs is 1. The predicted molar refractivity (Wildman–Crippen MR) is 114 cm³/mol. The van der Waals surface area contributed by atoms with Crippen LogP contribution in [0.3, 0.4) is 0 Å². The number of cyclic esters (lactones) is 1. The van der Waals surface area contributed by atoms with E-state index in [2.05, 4.69) is 18.4 Å². The molecule has 2 atom stereocenters. The molecule has 4 rings (SSSR count). The Kier molecular flexibility index (Phi) is 5.35. The van der Waals surface area contributed by atoms with Gasteiger partial charge < -0.3 is 19.5 Å². The zero-order valence-corrected chi connectivity index (χ0v) is 16.9. The number of phenols is 1. The number of aromatic nitrogens is 1. The molecule has 0 saturated carbocycles. The summed E-state index contributed by atoms with van der Waals surface area (Å²) in [5, 5.41) is 20.8. The maximum atomic E-state index is 13.5. The van der Waals surface area contributed by atoms with E-state index >= 15 is 0 Å². The summed E-state index contributed by atoms with van der Waals surface area (Å²) in [5.41, 5.74) is 3.45. The molecule has 0 unspecified atom stereocenters. The van der Waals surface area contributed by atoms with Gasteiger partial charge in [0.1, 0.15) is 17.7 Å². The first kappa shape index (κ1) is 20.2. The molecule has 156 valence electrons. The Hall–Kier alpha value is -3.12. The predicted octanol–water partition coefficient (Wildman–Crippen LogP) is 4.81. The topological polar surface area (TPSA) is 71.7 Å². The average molecular weight is 409 g/mol. The Labute approximate surface area is 174 Å². The van der Waals surface area contributed by atoms with E-state index in [0.29, 0.717) is 6.42 Å². The van der Waals surface area contributed by atoms with Crippen LogP contribution in [-0.2, 0) is 9.53 Å². The number of benzene rings is 2. The van der Waals surface area contributed by atoms with E-state index in [-0.39, 0.29) is 24.0 Å². The van der Waals surface area contributed by atoms with Crippen molar-refractivity contribution in [3.05, 3.63) is 60.1 Å². The second kappa shape index (κ2) is 7.95. The fraction of sp³-hybridized carbons (Fsp3) is 0.292. The number of nitrogens with zero attached hydrogens (tertiary/aromatic N) is 1. The lowest BCUT2D eigenvalue weighted by atomic mass is 10.00. The van der Waals surface area contributed by atoms with Crippen LogP contribution < -0.4 is 0 Å². The van der Waals surface area contributed by atoms with E-state index < -0.39 is 18.2 Å². The maximum absolute atomic E-state index is 13.5. The lowest BCUT2D eigenvalue weighted by Crippen LogP contribution is -2.31. The van der Waals surface area contributed by atoms with Gasteiger partial charge >= 0.3 is 5.97 Å². The van der Waals surface area contributed by atoms with Crippen LogP contribution in [0.2, 0.25) is 0 Å². The van der Waals surface area contributed by atoms with Crippen LogP contribution in [0.4, 0.5) is 4.39 Å². The molecule has 0 radical (unpaired) electrons. The number of aromatic hydroxyl groups is 1. The van der Waals surface area contributed by atoms with E-state index in [1.807, 2.05) is 12.1 Å². The van der Waals surface area contributed by atoms with Gasteiger partial charge in [-0.1, -0.05) is 12.1 Å². The standard InChI is InChI=1S/C24H24FNO4/c1-14(2)26-21-9-7-17(27)12-20(21)24(15-3-5-16(25)6-4-15)22(26)10-8-19-11-18(28)13-23(29)30-19/h3-10,12,14,18-19,27-28H,11,13H2,1-2H3/t18-,19-/m1/s1. The molecule has 0 amide bonds. The molecule has 1 aliphatic rings. The normalized spacial score (nSPS) is 19.7. The molecular weight excluding hydrogens is 385 g/mol. The molecule has 0 bridgehead atoms. The number of aliphatic hydroxyl groups excluding tert-OH is 1. The molecule has 1 fully saturated rings. The fourth-order valence-electron chi connectivity index (χ4n) is 4.09. The highest BCUT2D eigenvalue weighted by Gasteiger charge is 2.26. The minimum atomic E-state index is -0.717. The Bertz CT molecular complexity index is 1110. The molecule has 2 N–H and O–H groups in total. The van der Waals surface area contributed by atoms with Gasteiger partial charge in [-0.25, -0.2) is 4.39 Å². The third kappa shape index (κ3) is 3.83. The van der Waals surface area contributed by atoms with Crippen LogP contribution in [-0.4, -0.2) is 33.0 Å². The number of carbonyl (C=O) groups excluding carboxylic acids is 1. The first-order valence-electron chi connectivity index (χ1n) is 10.0. The van der Waals surface area contributed by atoms with Crippen molar-refractivity contribution in [2.45, 2.75) is 44.9 Å². The van der Waals surface area contributed by atoms with Crippen LogP contribution in [0.15, 0.2) is 48.5 Å². The molecule has 3 aromatic rings. The number of halogens is 1. The fourth-order valence-corrected chi connectivity index (χ4v) is 4.09. The number of carbonyl (C=O) groups is 1. The van der Waals surface area contributed by atoms with Crippen LogP contribution in [0.25, 0.3) is 28.1 Å². The van der Waals surface area contributed by atoms with Crippen molar-refractivity contribution in [2.24, 2.45) is 0 Å². The Morgan fingerprint density at radius 2 is 1.93 bits per heavy atom. The minimum Gasteiger partial charge on any atom is -0.508 e. The number of hydrogen-bond acceptors (Lipinski definition) is 4. The van der Waals surface area contributed by atoms with Gasteiger partial charge in [-0.2, -0.15) is 0 Å². The highest BCUT2D eigenvalue weighted by atomic mass is 19.1. The van der Waals surface area contributed by atoms with E-state index in [9.17, 15) is 19.4 Å². The molecule has 30 heavy (non-hydrogen) atoms. The molecule has 2 aromatic carbocycles. The Morgan fingerprint density at radius 1 is 1.20 bits per heavy atom. The van der Waals surface area contributed by atoms with Crippen LogP contribution in [0.1, 0.15) is 38.4 Å². The van der Waals surface area contributed by atoms with E-state index in [0.717, 1.165) is 27.7 Å². The molecule has 0 aliphatic carbocycles. The number of aliphatic hydroxyl groups is 1. The van der Waals surface area contributed by atoms with Crippen molar-refractivity contribution in [3.63, 3.8) is 0 Å². The van der Waals surface area contributed by atoms with Gasteiger partial charge in [0.2, 0.25) is 0 Å². The Morgan fingerprint density at radius 3 is 2.60 bits per heavy atom. The third-order valence-electron chi connectivity index (χ3n) is 5.33. The highest BCUT2D eigenvalue weighted by molar-refractivity contribution is 6.01. The monoisotopic (exact) mass is 409 g/mol. The molecular formula is C24H24FNO4. The van der Waals surface area contributed by atoms with Gasteiger partial charge in [0, 0.05) is 34.6 Å². The zero-order valence-electron chi connectivity index (χ0n) is 16.9. The number of phenolic OH excluding ortho intramolecular Hbond substituents is 1. The first-order chi connectivity index (χ1) is 14.3. The molecule has 1 aliphatic heterocycles. The molecule has 1 aromatic heterocycles. The smallest absolute Gasteiger partial charge is 0.309 e. The lowest BCUT2D eigenvalue weighted by molar-refractivity contribution is -0.156. The van der Waals surface area contributed by atoms with E-state index in [4.69, 9.17) is 4.74 Å². The summed E-state index contributed by atoms with van der Waals surface area (Å²) in [4.78, 5) is 11.7. The van der Waals surface area contributed by atoms with Crippen LogP contribution in [0, 0.1) is 5.82 Å². The van der Waals surface area contributed by atoms with Crippen molar-refractivity contribution >= 4 is 22.9 Å². The van der Waals surface area contributed by atoms with Gasteiger partial charge in [-0.05, 0) is 61.9 Å². The zero-order chi connectivity index (χ0) is 21.4. The summed E-state index contributed by atoms with van der Waals surface area (Å²) in [7, 11) is 0. The van der Waals surface area contributed by atoms with Crippen molar-refractivity contribution in [2.75, 3.05) is 0 Å². The SMILES string of the molecule is CC(C)n1c(C=C[C@@H]2C[C@@H](O)CC(=O)O2)c(-c2ccc(F)cc2)c2cc(O)ccc21. The average Bonchev–Trinajstić information content (AvgIpc) is 3.00. The largest absolute Gasteiger partial charge is 0.508 e. The van der Waals surface area contributed by atoms with Crippen LogP contribution >= 0.6 is 0 Å². The van der Waals surface area contributed by atoms with Crippen molar-refractivity contribution in [1.82, 2.24) is 4.57 Å². The van der Waals surface area contributed by atoms with Gasteiger partial charge in [0.05, 0.1) is 12.5 Å². The van der Waals surface area contributed by atoms with Gasteiger partial charge in [0.15, 0.2) is 0 Å². The molecule has 1 saturated heterocycles. The number of rotatable bonds is 4. The van der Waals surface area contributed by atoms with Gasteiger partial charge in [-0.15, -0.1) is 0 Å². The van der Waals surface area contributed by atoms with Crippen LogP contribution in [0.5, 0.6) is 5.75 Å². The molecule has 6 heteroatoms. The van der Waals surface area contributed by atoms with Gasteiger partial charge in [-0.3, -0.25) is 4.79 Å². The van der Waals surface area contributed by atoms with Crippen molar-refractivity contribution < 1.29 is 24.1 Å². The van der Waals surface area contributed by atoms with Crippen molar-refractivity contribution in [3.8, 4) is 16.9 Å². The quantitative estimate of drug-likeness (QED) is 0.607. The second-order valence-corrected chi connectivity index (χ2v) is 7.91. The molecule has 5 nitrogen and oxygen atoms in total. The van der Waals surface area contributed by atoms with Gasteiger partial charge in [0.25, 0.3) is 0 Å². The minimum absolute atomic E-state index is 0.0106. The maximum Gasteiger partial charge on any atom is 0.309 e. The summed E-state index contributed by atoms with van der Waals surface area (Å²) in [6.07, 6.45) is 2.78. The summed E-state index contributed by atoms with van der Waals surface area (Å²) in [6.45, 7) is 4.12. The lowest BCUT2D eigenvalue weighted by Gasteiger charge is -2.23. The number of ether oxygens (including phenoxy) is 1. The van der Waals surface area contributed by atoms with E-state index in [1.54, 1.807) is 30.3 Å². The summed E-state index contributed by atoms with van der Waals surface area (Å²) in [5.74, 6) is -0.600. The highest BCUT2D eigenvalue weighted by Crippen LogP contribution is 2.39. The summed E-state index contributed by atoms with van der Waals surface area (Å²) < 4.78 is 21.0. The molecule has 2 heterocycles. The summed E-state index contributed by atoms with van der Waals surface area (Å²) in [6, 6.07) is 11.5. The summed E-state index contributed by atoms with van der Waals surface area (Å²) >= 11 is 0. The third-order valence-corrected chi connectivity index (χ3v) is 5.33. The molecule has 0 spiro atoms. The number of esters is 1. The second-order valence-electron chi connectivity index (χ2n) is 7.91. The first-order valence-corrected chi connectivity index (χ1v) is 10.0. The number of hydrogen-bond donors (Lipinski definition) is 2. The Balaban J connectivity index is 1.91. The van der Waals surface area contributed by atoms with Crippen molar-refractivity contribution in [1.29, 1.82) is 0 Å². The van der Waals surface area contributed by atoms with E-state index in [1.165, 1.54) is 12.1 Å².